The molecule has 2 rings (SSSR count). The maximum atomic E-state index is 13.8. The number of carboxylic acids is 1. The number of ether oxygens (including phenoxy) is 2. The number of amides is 3. The Morgan fingerprint density at radius 3 is 2.28 bits per heavy atom. The van der Waals surface area contributed by atoms with Gasteiger partial charge in [0.15, 0.2) is 5.54 Å². The van der Waals surface area contributed by atoms with Crippen LogP contribution in [0.25, 0.3) is 0 Å². The third kappa shape index (κ3) is 10.4. The molecule has 6 N–H and O–H groups in total. The van der Waals surface area contributed by atoms with Gasteiger partial charge in [-0.3, -0.25) is 4.79 Å². The molecule has 0 saturated carbocycles. The van der Waals surface area contributed by atoms with Crippen LogP contribution in [0.1, 0.15) is 60.1 Å². The first kappa shape index (κ1) is 31.9. The fourth-order valence-corrected chi connectivity index (χ4v) is 4.35. The van der Waals surface area contributed by atoms with Crippen LogP contribution in [0.15, 0.2) is 12.5 Å². The molecule has 3 atom stereocenters. The van der Waals surface area contributed by atoms with Gasteiger partial charge in [-0.25, -0.2) is 19.4 Å². The number of piperidine rings is 1. The maximum absolute atomic E-state index is 13.8. The van der Waals surface area contributed by atoms with Crippen LogP contribution in [0, 0.1) is 5.92 Å². The molecule has 1 aliphatic heterocycles. The Labute approximate surface area is 228 Å². The molecule has 0 unspecified atom stereocenters. The molecular formula is C24H40BN5O9. The second-order valence-electron chi connectivity index (χ2n) is 11.8. The molecule has 1 fully saturated rings. The number of imidazole rings is 1. The van der Waals surface area contributed by atoms with Crippen molar-refractivity contribution in [1.29, 1.82) is 0 Å². The zero-order valence-corrected chi connectivity index (χ0v) is 23.3. The minimum absolute atomic E-state index is 0.00810. The first-order chi connectivity index (χ1) is 17.9. The second-order valence-corrected chi connectivity index (χ2v) is 11.8. The monoisotopic (exact) mass is 553 g/mol. The minimum atomic E-state index is -1.92. The molecule has 39 heavy (non-hydrogen) atoms. The Morgan fingerprint density at radius 2 is 1.77 bits per heavy atom. The van der Waals surface area contributed by atoms with Crippen molar-refractivity contribution in [2.24, 2.45) is 5.92 Å². The summed E-state index contributed by atoms with van der Waals surface area (Å²) in [6, 6.07) is -1.16. The molecule has 0 aliphatic carbocycles. The topological polar surface area (TPSA) is 203 Å². The minimum Gasteiger partial charge on any atom is -0.479 e. The van der Waals surface area contributed by atoms with Gasteiger partial charge in [-0.2, -0.15) is 0 Å². The number of carbonyl (C=O) groups excluding carboxylic acids is 3. The van der Waals surface area contributed by atoms with Gasteiger partial charge >= 0.3 is 25.3 Å². The Kier molecular flexibility index (Phi) is 10.4. The highest BCUT2D eigenvalue weighted by Gasteiger charge is 2.50. The lowest BCUT2D eigenvalue weighted by Gasteiger charge is -2.45. The van der Waals surface area contributed by atoms with Crippen LogP contribution >= 0.6 is 0 Å². The Balaban J connectivity index is 2.39. The van der Waals surface area contributed by atoms with Gasteiger partial charge in [0.1, 0.15) is 17.2 Å². The number of likely N-dealkylation sites (tertiary alicyclic amines) is 1. The molecule has 1 aromatic rings. The smallest absolute Gasteiger partial charge is 0.451 e. The lowest BCUT2D eigenvalue weighted by Crippen LogP contribution is -2.67. The summed E-state index contributed by atoms with van der Waals surface area (Å²) in [5.41, 5.74) is -3.12. The van der Waals surface area contributed by atoms with Crippen molar-refractivity contribution in [1.82, 2.24) is 25.5 Å². The molecular weight excluding hydrogens is 513 g/mol. The van der Waals surface area contributed by atoms with E-state index in [1.165, 1.54) is 17.4 Å². The quantitative estimate of drug-likeness (QED) is 0.239. The van der Waals surface area contributed by atoms with Crippen molar-refractivity contribution in [3.8, 4) is 0 Å². The average molecular weight is 553 g/mol. The zero-order chi connectivity index (χ0) is 29.6. The van der Waals surface area contributed by atoms with Crippen molar-refractivity contribution in [3.05, 3.63) is 18.2 Å². The van der Waals surface area contributed by atoms with E-state index in [-0.39, 0.29) is 32.1 Å². The molecule has 0 spiro atoms. The van der Waals surface area contributed by atoms with E-state index in [9.17, 15) is 34.3 Å². The van der Waals surface area contributed by atoms with E-state index in [0.29, 0.717) is 5.69 Å². The van der Waals surface area contributed by atoms with Gasteiger partial charge in [0.2, 0.25) is 5.91 Å². The summed E-state index contributed by atoms with van der Waals surface area (Å²) >= 11 is 0. The van der Waals surface area contributed by atoms with E-state index < -0.39 is 66.4 Å². The van der Waals surface area contributed by atoms with Crippen molar-refractivity contribution in [2.75, 3.05) is 13.1 Å². The molecule has 1 aliphatic rings. The number of nitrogens with zero attached hydrogens (tertiary/aromatic N) is 2. The van der Waals surface area contributed by atoms with Crippen molar-refractivity contribution < 1.29 is 43.8 Å². The van der Waals surface area contributed by atoms with E-state index >= 15 is 0 Å². The molecule has 218 valence electrons. The number of aromatic amines is 1. The number of carbonyl (C=O) groups is 4. The fourth-order valence-electron chi connectivity index (χ4n) is 4.35. The molecule has 1 saturated heterocycles. The summed E-state index contributed by atoms with van der Waals surface area (Å²) in [6.45, 7) is 9.56. The predicted octanol–water partition coefficient (Wildman–Crippen LogP) is 0.905. The normalized spacial score (nSPS) is 20.5. The van der Waals surface area contributed by atoms with Crippen LogP contribution in [-0.4, -0.2) is 97.1 Å². The SMILES string of the molecule is CC(C)(C)OC(=O)N[C@@H](Cc1cnc[nH]1)C(=O)N1C[C@@H](CCB(O)O)C[C@](NC(=O)OC(C)(C)C)(C(=O)O)C1. The summed E-state index contributed by atoms with van der Waals surface area (Å²) < 4.78 is 10.6. The van der Waals surface area contributed by atoms with Crippen LogP contribution in [0.2, 0.25) is 6.32 Å². The number of aliphatic carboxylic acids is 1. The van der Waals surface area contributed by atoms with Crippen molar-refractivity contribution in [2.45, 2.75) is 89.9 Å². The van der Waals surface area contributed by atoms with Crippen LogP contribution in [-0.2, 0) is 25.5 Å². The second kappa shape index (κ2) is 12.7. The highest BCUT2D eigenvalue weighted by molar-refractivity contribution is 6.40. The van der Waals surface area contributed by atoms with Gasteiger partial charge in [-0.1, -0.05) is 6.42 Å². The number of rotatable bonds is 9. The number of nitrogens with one attached hydrogen (secondary N) is 3. The predicted molar refractivity (Wildman–Crippen MR) is 139 cm³/mol. The number of aromatic nitrogens is 2. The molecule has 14 nitrogen and oxygen atoms in total. The molecule has 3 amide bonds. The van der Waals surface area contributed by atoms with E-state index in [4.69, 9.17) is 9.47 Å². The number of H-pyrrole nitrogens is 1. The van der Waals surface area contributed by atoms with Gasteiger partial charge in [-0.15, -0.1) is 0 Å². The van der Waals surface area contributed by atoms with Crippen molar-refractivity contribution >= 4 is 31.2 Å². The third-order valence-corrected chi connectivity index (χ3v) is 5.84. The summed E-state index contributed by atoms with van der Waals surface area (Å²) in [5.74, 6) is -2.52. The highest BCUT2D eigenvalue weighted by Crippen LogP contribution is 2.31. The van der Waals surface area contributed by atoms with Crippen molar-refractivity contribution in [3.63, 3.8) is 0 Å². The summed E-state index contributed by atoms with van der Waals surface area (Å²) in [4.78, 5) is 59.7. The zero-order valence-electron chi connectivity index (χ0n) is 23.3. The third-order valence-electron chi connectivity index (χ3n) is 5.84. The maximum Gasteiger partial charge on any atom is 0.451 e. The van der Waals surface area contributed by atoms with Gasteiger partial charge in [0.05, 0.1) is 12.9 Å². The molecule has 0 radical (unpaired) electrons. The van der Waals surface area contributed by atoms with Crippen LogP contribution in [0.3, 0.4) is 0 Å². The van der Waals surface area contributed by atoms with E-state index in [1.807, 2.05) is 0 Å². The number of hydrogen-bond donors (Lipinski definition) is 6. The molecule has 2 heterocycles. The van der Waals surface area contributed by atoms with Gasteiger partial charge in [0.25, 0.3) is 0 Å². The molecule has 0 aromatic carbocycles. The summed E-state index contributed by atoms with van der Waals surface area (Å²) in [7, 11) is -1.63. The van der Waals surface area contributed by atoms with Crippen LogP contribution in [0.5, 0.6) is 0 Å². The van der Waals surface area contributed by atoms with E-state index in [2.05, 4.69) is 20.6 Å². The standard InChI is InChI=1S/C24H40BN5O9/c1-22(2,3)38-20(34)28-17(9-16-11-26-14-27-16)18(31)30-12-15(7-8-25(36)37)10-24(13-30,19(32)33)29-21(35)39-23(4,5)6/h11,14-15,17,36-37H,7-10,12-13H2,1-6H3,(H,26,27)(H,28,34)(H,29,35)(H,32,33)/t15-,17-,24+/m0/s1. The first-order valence-corrected chi connectivity index (χ1v) is 12.8. The van der Waals surface area contributed by atoms with E-state index in [1.54, 1.807) is 41.5 Å². The number of alkyl carbamates (subject to hydrolysis) is 2. The Bertz CT molecular complexity index is 1010. The lowest BCUT2D eigenvalue weighted by molar-refractivity contribution is -0.152. The molecule has 0 bridgehead atoms. The number of carboxylic acid groups (broad SMARTS) is 1. The molecule has 15 heteroatoms. The van der Waals surface area contributed by atoms with Gasteiger partial charge in [-0.05, 0) is 60.2 Å². The lowest BCUT2D eigenvalue weighted by atomic mass is 9.75. The number of hydrogen-bond acceptors (Lipinski definition) is 9. The summed E-state index contributed by atoms with van der Waals surface area (Å²) in [6.07, 6.45) is 1.12. The largest absolute Gasteiger partial charge is 0.479 e. The van der Waals surface area contributed by atoms with Crippen LogP contribution < -0.4 is 10.6 Å². The average Bonchev–Trinajstić information content (AvgIpc) is 3.27. The highest BCUT2D eigenvalue weighted by atomic mass is 16.6. The summed E-state index contributed by atoms with van der Waals surface area (Å²) in [5, 5.41) is 34.0. The van der Waals surface area contributed by atoms with Gasteiger partial charge < -0.3 is 45.1 Å². The van der Waals surface area contributed by atoms with E-state index in [0.717, 1.165) is 0 Å². The van der Waals surface area contributed by atoms with Crippen LogP contribution in [0.4, 0.5) is 9.59 Å². The van der Waals surface area contributed by atoms with Gasteiger partial charge in [0, 0.05) is 24.9 Å². The first-order valence-electron chi connectivity index (χ1n) is 12.8. The molecule has 1 aromatic heterocycles. The Hall–Kier alpha value is -3.33. The fraction of sp³-hybridized carbons (Fsp3) is 0.708. The Morgan fingerprint density at radius 1 is 1.15 bits per heavy atom.